The molecular formula is C31H36F7N5O3. The fraction of sp³-hybridized carbons (Fsp3) is 0.548. The van der Waals surface area contributed by atoms with E-state index < -0.39 is 41.6 Å². The van der Waals surface area contributed by atoms with Crippen LogP contribution in [0.4, 0.5) is 30.7 Å². The molecular weight excluding hydrogens is 623 g/mol. The minimum Gasteiger partial charge on any atom is -0.383 e. The topological polar surface area (TPSA) is 75.7 Å². The lowest BCUT2D eigenvalue weighted by atomic mass is 10.0. The summed E-state index contributed by atoms with van der Waals surface area (Å²) in [6.45, 7) is 3.30. The van der Waals surface area contributed by atoms with Crippen LogP contribution in [0.25, 0.3) is 0 Å². The summed E-state index contributed by atoms with van der Waals surface area (Å²) in [4.78, 5) is 4.43. The van der Waals surface area contributed by atoms with Crippen molar-refractivity contribution in [3.63, 3.8) is 0 Å². The van der Waals surface area contributed by atoms with Gasteiger partial charge in [-0.15, -0.1) is 5.10 Å². The van der Waals surface area contributed by atoms with Crippen molar-refractivity contribution in [1.29, 1.82) is 0 Å². The standard InChI is InChI=1S/C31H36F7N5O3/c1-44-19-25-3-2-10-43(25)18-27-26(39-41-40-27)8-11-42-12-14-46-29(28(42)21-4-6-24(32)7-5-21)45-13-9-20-15-22(30(33,34)35)17-23(16-20)31(36,37)38/h4-7,15-17,25,28-29H,2-3,8-14,18-19H2,1H3,(H,39,40,41)/t25-,28?,29?/m0/s1. The maximum absolute atomic E-state index is 13.8. The molecule has 46 heavy (non-hydrogen) atoms. The molecule has 252 valence electrons. The van der Waals surface area contributed by atoms with Crippen LogP contribution in [0.2, 0.25) is 0 Å². The van der Waals surface area contributed by atoms with E-state index in [-0.39, 0.29) is 31.3 Å². The second-order valence-corrected chi connectivity index (χ2v) is 11.5. The highest BCUT2D eigenvalue weighted by molar-refractivity contribution is 5.34. The maximum atomic E-state index is 13.8. The third-order valence-corrected chi connectivity index (χ3v) is 8.40. The molecule has 2 fully saturated rings. The monoisotopic (exact) mass is 659 g/mol. The van der Waals surface area contributed by atoms with Gasteiger partial charge >= 0.3 is 12.4 Å². The van der Waals surface area contributed by atoms with Crippen molar-refractivity contribution in [2.75, 3.05) is 46.6 Å². The molecule has 3 heterocycles. The molecule has 0 spiro atoms. The number of H-pyrrole nitrogens is 1. The van der Waals surface area contributed by atoms with Crippen LogP contribution in [0.1, 0.15) is 52.5 Å². The number of morpholine rings is 1. The Morgan fingerprint density at radius 2 is 1.67 bits per heavy atom. The minimum atomic E-state index is -4.94. The van der Waals surface area contributed by atoms with Gasteiger partial charge in [-0.05, 0) is 67.3 Å². The maximum Gasteiger partial charge on any atom is 0.416 e. The van der Waals surface area contributed by atoms with E-state index >= 15 is 0 Å². The summed E-state index contributed by atoms with van der Waals surface area (Å²) in [5, 5.41) is 11.4. The van der Waals surface area contributed by atoms with E-state index in [1.165, 1.54) is 12.1 Å². The van der Waals surface area contributed by atoms with Crippen molar-refractivity contribution in [3.8, 4) is 0 Å². The SMILES string of the molecule is COC[C@@H]1CCCN1Cc1[nH]nnc1CCN1CCOC(OCCc2cc(C(F)(F)F)cc(C(F)(F)F)c2)C1c1ccc(F)cc1. The first-order valence-electron chi connectivity index (χ1n) is 15.0. The van der Waals surface area contributed by atoms with E-state index in [1.807, 2.05) is 0 Å². The number of rotatable bonds is 12. The van der Waals surface area contributed by atoms with Gasteiger partial charge in [-0.3, -0.25) is 14.9 Å². The van der Waals surface area contributed by atoms with Gasteiger partial charge in [0.1, 0.15) is 5.82 Å². The molecule has 0 saturated carbocycles. The number of hydrogen-bond donors (Lipinski definition) is 1. The van der Waals surface area contributed by atoms with Crippen molar-refractivity contribution in [2.24, 2.45) is 0 Å². The fourth-order valence-electron chi connectivity index (χ4n) is 6.10. The molecule has 0 radical (unpaired) electrons. The van der Waals surface area contributed by atoms with Gasteiger partial charge in [-0.1, -0.05) is 17.3 Å². The highest BCUT2D eigenvalue weighted by atomic mass is 19.4. The summed E-state index contributed by atoms with van der Waals surface area (Å²) >= 11 is 0. The Bertz CT molecular complexity index is 1380. The van der Waals surface area contributed by atoms with E-state index in [9.17, 15) is 30.7 Å². The number of ether oxygens (including phenoxy) is 3. The van der Waals surface area contributed by atoms with Gasteiger partial charge in [0.2, 0.25) is 0 Å². The third-order valence-electron chi connectivity index (χ3n) is 8.40. The quantitative estimate of drug-likeness (QED) is 0.247. The number of alkyl halides is 6. The van der Waals surface area contributed by atoms with Gasteiger partial charge in [0.25, 0.3) is 0 Å². The van der Waals surface area contributed by atoms with Gasteiger partial charge in [-0.25, -0.2) is 4.39 Å². The first-order valence-corrected chi connectivity index (χ1v) is 15.0. The van der Waals surface area contributed by atoms with Gasteiger partial charge in [0, 0.05) is 39.2 Å². The third kappa shape index (κ3) is 8.62. The highest BCUT2D eigenvalue weighted by Crippen LogP contribution is 2.37. The largest absolute Gasteiger partial charge is 0.416 e. The summed E-state index contributed by atoms with van der Waals surface area (Å²) in [7, 11) is 1.69. The Hall–Kier alpha value is -3.11. The Kier molecular flexibility index (Phi) is 11.0. The molecule has 0 bridgehead atoms. The van der Waals surface area contributed by atoms with Gasteiger partial charge in [0.05, 0.1) is 48.4 Å². The lowest BCUT2D eigenvalue weighted by Gasteiger charge is -2.41. The van der Waals surface area contributed by atoms with E-state index in [0.717, 1.165) is 30.8 Å². The van der Waals surface area contributed by atoms with Crippen molar-refractivity contribution >= 4 is 0 Å². The number of methoxy groups -OCH3 is 1. The average Bonchev–Trinajstić information content (AvgIpc) is 3.65. The molecule has 1 aromatic heterocycles. The van der Waals surface area contributed by atoms with Crippen LogP contribution in [0.3, 0.4) is 0 Å². The molecule has 3 aromatic rings. The van der Waals surface area contributed by atoms with E-state index in [2.05, 4.69) is 25.2 Å². The smallest absolute Gasteiger partial charge is 0.383 e. The lowest BCUT2D eigenvalue weighted by molar-refractivity contribution is -0.210. The number of nitrogens with one attached hydrogen (secondary N) is 1. The number of aromatic amines is 1. The van der Waals surface area contributed by atoms with E-state index in [1.54, 1.807) is 19.2 Å². The number of likely N-dealkylation sites (tertiary alicyclic amines) is 1. The number of halogens is 7. The predicted octanol–water partition coefficient (Wildman–Crippen LogP) is 5.79. The minimum absolute atomic E-state index is 0.0976. The summed E-state index contributed by atoms with van der Waals surface area (Å²) in [6.07, 6.45) is -8.35. The normalized spacial score (nSPS) is 21.7. The predicted molar refractivity (Wildman–Crippen MR) is 152 cm³/mol. The number of hydrogen-bond acceptors (Lipinski definition) is 7. The highest BCUT2D eigenvalue weighted by Gasteiger charge is 2.38. The van der Waals surface area contributed by atoms with Crippen molar-refractivity contribution in [3.05, 3.63) is 81.9 Å². The Labute approximate surface area is 261 Å². The zero-order valence-corrected chi connectivity index (χ0v) is 25.2. The molecule has 0 amide bonds. The van der Waals surface area contributed by atoms with E-state index in [4.69, 9.17) is 14.2 Å². The molecule has 0 aliphatic carbocycles. The average molecular weight is 660 g/mol. The second kappa shape index (κ2) is 14.8. The number of nitrogens with zero attached hydrogens (tertiary/aromatic N) is 4. The van der Waals surface area contributed by atoms with Crippen LogP contribution in [0, 0.1) is 5.82 Å². The van der Waals surface area contributed by atoms with Crippen LogP contribution < -0.4 is 0 Å². The van der Waals surface area contributed by atoms with E-state index in [0.29, 0.717) is 56.4 Å². The van der Waals surface area contributed by atoms with Crippen LogP contribution in [0.5, 0.6) is 0 Å². The van der Waals surface area contributed by atoms with Crippen LogP contribution >= 0.6 is 0 Å². The van der Waals surface area contributed by atoms with Crippen LogP contribution in [0.15, 0.2) is 42.5 Å². The molecule has 8 nitrogen and oxygen atoms in total. The Morgan fingerprint density at radius 1 is 0.957 bits per heavy atom. The van der Waals surface area contributed by atoms with Crippen molar-refractivity contribution < 1.29 is 44.9 Å². The molecule has 3 atom stereocenters. The summed E-state index contributed by atoms with van der Waals surface area (Å²) in [5.74, 6) is -0.435. The number of aromatic nitrogens is 3. The summed E-state index contributed by atoms with van der Waals surface area (Å²) < 4.78 is 111. The molecule has 1 N–H and O–H groups in total. The molecule has 2 aliphatic heterocycles. The Morgan fingerprint density at radius 3 is 2.35 bits per heavy atom. The first kappa shape index (κ1) is 34.2. The molecule has 15 heteroatoms. The lowest BCUT2D eigenvalue weighted by Crippen LogP contribution is -2.47. The zero-order valence-electron chi connectivity index (χ0n) is 25.2. The van der Waals surface area contributed by atoms with Crippen molar-refractivity contribution in [1.82, 2.24) is 25.2 Å². The molecule has 2 aliphatic rings. The van der Waals surface area contributed by atoms with Crippen LogP contribution in [-0.2, 0) is 45.9 Å². The molecule has 2 saturated heterocycles. The fourth-order valence-corrected chi connectivity index (χ4v) is 6.10. The van der Waals surface area contributed by atoms with Crippen LogP contribution in [-0.4, -0.2) is 84.1 Å². The van der Waals surface area contributed by atoms with Gasteiger partial charge in [-0.2, -0.15) is 26.3 Å². The van der Waals surface area contributed by atoms with Gasteiger partial charge < -0.3 is 14.2 Å². The van der Waals surface area contributed by atoms with Crippen molar-refractivity contribution in [2.45, 2.75) is 63.0 Å². The van der Waals surface area contributed by atoms with Gasteiger partial charge in [0.15, 0.2) is 6.29 Å². The zero-order chi connectivity index (χ0) is 32.9. The first-order chi connectivity index (χ1) is 21.9. The molecule has 5 rings (SSSR count). The summed E-state index contributed by atoms with van der Waals surface area (Å²) in [5.41, 5.74) is -0.543. The number of benzene rings is 2. The molecule has 2 unspecified atom stereocenters. The Balaban J connectivity index is 1.28. The summed E-state index contributed by atoms with van der Waals surface area (Å²) in [6, 6.07) is 7.10. The molecule has 2 aromatic carbocycles. The second-order valence-electron chi connectivity index (χ2n) is 11.5.